The molecule has 0 saturated carbocycles. The number of nitrogens with two attached hydrogens (primary N) is 1. The topological polar surface area (TPSA) is 117 Å². The summed E-state index contributed by atoms with van der Waals surface area (Å²) in [6.07, 6.45) is 1.68. The lowest BCUT2D eigenvalue weighted by atomic mass is 9.98. The number of Topliss-reactive ketones (excluding diaryl/α,β-unsaturated/α-hetero) is 1. The molecule has 0 spiro atoms. The summed E-state index contributed by atoms with van der Waals surface area (Å²) in [6, 6.07) is 1.51. The summed E-state index contributed by atoms with van der Waals surface area (Å²) in [6.45, 7) is 2.27. The standard InChI is InChI=1S/C17H20N4O3S/c1-2-12(19-6-3-4-7-20-17(23)24)16(22)11-9-14-13(5-8-25-14)21-15(18)10-11/h5,8-9,12,19-20H,2,6-7,10H2,1H3,(H2,18,21)(H,23,24). The van der Waals surface area contributed by atoms with E-state index in [9.17, 15) is 9.59 Å². The number of carboxylic acid groups (broad SMARTS) is 1. The molecule has 2 heterocycles. The van der Waals surface area contributed by atoms with Crippen molar-refractivity contribution in [3.8, 4) is 11.8 Å². The van der Waals surface area contributed by atoms with Crippen LogP contribution in [0.5, 0.6) is 0 Å². The number of aliphatic imine (C=N–C) groups is 1. The van der Waals surface area contributed by atoms with Gasteiger partial charge in [-0.1, -0.05) is 18.8 Å². The molecule has 0 aliphatic carbocycles. The highest BCUT2D eigenvalue weighted by Crippen LogP contribution is 2.31. The SMILES string of the molecule is CCC(NCC#CCNC(=O)O)C(=O)C1=Cc2sccc2N=C(N)C1. The molecule has 0 bridgehead atoms. The Morgan fingerprint density at radius 2 is 2.20 bits per heavy atom. The number of carbonyl (C=O) groups is 2. The summed E-state index contributed by atoms with van der Waals surface area (Å²) in [7, 11) is 0. The number of nitrogens with zero attached hydrogens (tertiary/aromatic N) is 1. The summed E-state index contributed by atoms with van der Waals surface area (Å²) in [4.78, 5) is 28.4. The van der Waals surface area contributed by atoms with Gasteiger partial charge in [0.1, 0.15) is 5.84 Å². The molecule has 0 fully saturated rings. The molecule has 1 atom stereocenters. The number of hydrogen-bond donors (Lipinski definition) is 4. The monoisotopic (exact) mass is 360 g/mol. The summed E-state index contributed by atoms with van der Waals surface area (Å²) in [5.41, 5.74) is 7.34. The molecule has 1 aromatic heterocycles. The van der Waals surface area contributed by atoms with Crippen molar-refractivity contribution in [2.75, 3.05) is 13.1 Å². The van der Waals surface area contributed by atoms with Gasteiger partial charge in [0.2, 0.25) is 0 Å². The van der Waals surface area contributed by atoms with E-state index in [1.807, 2.05) is 24.4 Å². The third-order valence-corrected chi connectivity index (χ3v) is 4.40. The fourth-order valence-corrected chi connectivity index (χ4v) is 3.13. The second-order valence-electron chi connectivity index (χ2n) is 5.34. The van der Waals surface area contributed by atoms with Crippen molar-refractivity contribution >= 4 is 40.8 Å². The Labute approximate surface area is 150 Å². The minimum Gasteiger partial charge on any atom is -0.465 e. The van der Waals surface area contributed by atoms with Crippen molar-refractivity contribution in [1.82, 2.24) is 10.6 Å². The first-order valence-electron chi connectivity index (χ1n) is 7.82. The summed E-state index contributed by atoms with van der Waals surface area (Å²) >= 11 is 1.52. The average molecular weight is 360 g/mol. The predicted molar refractivity (Wildman–Crippen MR) is 99.1 cm³/mol. The summed E-state index contributed by atoms with van der Waals surface area (Å²) in [5.74, 6) is 5.87. The molecule has 1 unspecified atom stereocenters. The zero-order valence-electron chi connectivity index (χ0n) is 13.8. The van der Waals surface area contributed by atoms with Gasteiger partial charge in [0.25, 0.3) is 0 Å². The Morgan fingerprint density at radius 1 is 1.44 bits per heavy atom. The highest BCUT2D eigenvalue weighted by atomic mass is 32.1. The normalized spacial score (nSPS) is 14.1. The molecular formula is C17H20N4O3S. The minimum absolute atomic E-state index is 0.0210. The molecule has 7 nitrogen and oxygen atoms in total. The predicted octanol–water partition coefficient (Wildman–Crippen LogP) is 1.73. The molecule has 0 radical (unpaired) electrons. The van der Waals surface area contributed by atoms with Gasteiger partial charge >= 0.3 is 6.09 Å². The number of ketones is 1. The Bertz CT molecular complexity index is 770. The van der Waals surface area contributed by atoms with E-state index >= 15 is 0 Å². The van der Waals surface area contributed by atoms with Gasteiger partial charge in [-0.2, -0.15) is 0 Å². The number of hydrogen-bond acceptors (Lipinski definition) is 6. The van der Waals surface area contributed by atoms with Gasteiger partial charge in [-0.05, 0) is 23.9 Å². The summed E-state index contributed by atoms with van der Waals surface area (Å²) in [5, 5.41) is 15.6. The fourth-order valence-electron chi connectivity index (χ4n) is 2.34. The van der Waals surface area contributed by atoms with Crippen LogP contribution in [0.3, 0.4) is 0 Å². The highest BCUT2D eigenvalue weighted by Gasteiger charge is 2.22. The quantitative estimate of drug-likeness (QED) is 0.577. The van der Waals surface area contributed by atoms with Crippen molar-refractivity contribution in [3.05, 3.63) is 21.9 Å². The molecule has 2 rings (SSSR count). The van der Waals surface area contributed by atoms with E-state index in [0.29, 0.717) is 30.8 Å². The largest absolute Gasteiger partial charge is 0.465 e. The van der Waals surface area contributed by atoms with Crippen LogP contribution >= 0.6 is 11.3 Å². The van der Waals surface area contributed by atoms with Gasteiger partial charge in [0, 0.05) is 12.0 Å². The van der Waals surface area contributed by atoms with Crippen LogP contribution < -0.4 is 16.4 Å². The second-order valence-corrected chi connectivity index (χ2v) is 6.29. The Hall–Kier alpha value is -2.63. The molecule has 1 aliphatic heterocycles. The highest BCUT2D eigenvalue weighted by molar-refractivity contribution is 7.11. The van der Waals surface area contributed by atoms with Gasteiger partial charge in [0.15, 0.2) is 5.78 Å². The van der Waals surface area contributed by atoms with Crippen molar-refractivity contribution in [1.29, 1.82) is 0 Å². The number of amides is 1. The van der Waals surface area contributed by atoms with Gasteiger partial charge in [-0.15, -0.1) is 11.3 Å². The van der Waals surface area contributed by atoms with Crippen LogP contribution in [0, 0.1) is 11.8 Å². The van der Waals surface area contributed by atoms with Crippen molar-refractivity contribution < 1.29 is 14.7 Å². The van der Waals surface area contributed by atoms with E-state index in [2.05, 4.69) is 27.5 Å². The van der Waals surface area contributed by atoms with Crippen molar-refractivity contribution in [2.45, 2.75) is 25.8 Å². The van der Waals surface area contributed by atoms with Crippen LogP contribution in [0.4, 0.5) is 10.5 Å². The van der Waals surface area contributed by atoms with E-state index < -0.39 is 6.09 Å². The van der Waals surface area contributed by atoms with Crippen LogP contribution in [0.25, 0.3) is 6.08 Å². The fraction of sp³-hybridized carbons (Fsp3) is 0.353. The van der Waals surface area contributed by atoms with Crippen LogP contribution in [0.1, 0.15) is 24.6 Å². The maximum absolute atomic E-state index is 12.8. The van der Waals surface area contributed by atoms with Crippen LogP contribution in [-0.2, 0) is 4.79 Å². The molecule has 0 saturated heterocycles. The third kappa shape index (κ3) is 5.45. The smallest absolute Gasteiger partial charge is 0.405 e. The van der Waals surface area contributed by atoms with Crippen molar-refractivity contribution in [3.63, 3.8) is 0 Å². The van der Waals surface area contributed by atoms with Gasteiger partial charge < -0.3 is 16.2 Å². The van der Waals surface area contributed by atoms with E-state index in [1.165, 1.54) is 11.3 Å². The second kappa shape index (κ2) is 9.01. The van der Waals surface area contributed by atoms with Gasteiger partial charge in [0.05, 0.1) is 29.7 Å². The molecule has 132 valence electrons. The molecular weight excluding hydrogens is 340 g/mol. The lowest BCUT2D eigenvalue weighted by Crippen LogP contribution is -2.38. The molecule has 1 aromatic rings. The van der Waals surface area contributed by atoms with E-state index in [4.69, 9.17) is 10.8 Å². The summed E-state index contributed by atoms with van der Waals surface area (Å²) < 4.78 is 0. The number of carbonyl (C=O) groups excluding carboxylic acids is 1. The number of thiophene rings is 1. The van der Waals surface area contributed by atoms with Crippen LogP contribution in [0.15, 0.2) is 22.0 Å². The molecule has 5 N–H and O–H groups in total. The molecule has 8 heteroatoms. The molecule has 0 aromatic carbocycles. The lowest BCUT2D eigenvalue weighted by Gasteiger charge is -2.15. The zero-order chi connectivity index (χ0) is 18.2. The third-order valence-electron chi connectivity index (χ3n) is 3.55. The maximum Gasteiger partial charge on any atom is 0.405 e. The molecule has 1 amide bonds. The lowest BCUT2D eigenvalue weighted by molar-refractivity contribution is -0.117. The minimum atomic E-state index is -1.11. The number of fused-ring (bicyclic) bond motifs is 1. The first-order chi connectivity index (χ1) is 12.0. The molecule has 25 heavy (non-hydrogen) atoms. The van der Waals surface area contributed by atoms with Gasteiger partial charge in [-0.25, -0.2) is 9.79 Å². The van der Waals surface area contributed by atoms with Crippen molar-refractivity contribution in [2.24, 2.45) is 10.7 Å². The number of amidine groups is 1. The van der Waals surface area contributed by atoms with Gasteiger partial charge in [-0.3, -0.25) is 10.1 Å². The number of nitrogens with one attached hydrogen (secondary N) is 2. The first kappa shape index (κ1) is 18.7. The molecule has 1 aliphatic rings. The van der Waals surface area contributed by atoms with E-state index in [0.717, 1.165) is 10.6 Å². The Morgan fingerprint density at radius 3 is 2.92 bits per heavy atom. The number of rotatable bonds is 6. The average Bonchev–Trinajstić information content (AvgIpc) is 2.92. The van der Waals surface area contributed by atoms with Crippen LogP contribution in [-0.4, -0.2) is 41.9 Å². The van der Waals surface area contributed by atoms with E-state index in [-0.39, 0.29) is 18.4 Å². The van der Waals surface area contributed by atoms with E-state index in [1.54, 1.807) is 0 Å². The Kier molecular flexibility index (Phi) is 6.74. The Balaban J connectivity index is 2.00. The van der Waals surface area contributed by atoms with Crippen LogP contribution in [0.2, 0.25) is 0 Å². The zero-order valence-corrected chi connectivity index (χ0v) is 14.7. The maximum atomic E-state index is 12.8. The first-order valence-corrected chi connectivity index (χ1v) is 8.70.